The van der Waals surface area contributed by atoms with Gasteiger partial charge in [0.1, 0.15) is 6.61 Å². The molecule has 0 amide bonds. The Bertz CT molecular complexity index is 985. The van der Waals surface area contributed by atoms with Crippen LogP contribution in [0.3, 0.4) is 0 Å². The van der Waals surface area contributed by atoms with Crippen LogP contribution in [0.15, 0.2) is 48.8 Å². The largest absolute Gasteiger partial charge is 0.498 e. The molecule has 0 spiro atoms. The van der Waals surface area contributed by atoms with Crippen LogP contribution in [0.2, 0.25) is 0 Å². The third-order valence-corrected chi connectivity index (χ3v) is 9.72. The normalized spacial score (nSPS) is 18.0. The van der Waals surface area contributed by atoms with Gasteiger partial charge in [-0.25, -0.2) is 4.57 Å². The van der Waals surface area contributed by atoms with E-state index < -0.39 is 19.9 Å². The van der Waals surface area contributed by atoms with Crippen LogP contribution in [0.25, 0.3) is 0 Å². The fraction of sp³-hybridized carbons (Fsp3) is 0.780. The van der Waals surface area contributed by atoms with Crippen LogP contribution >= 0.6 is 7.82 Å². The van der Waals surface area contributed by atoms with Gasteiger partial charge in [-0.05, 0) is 63.9 Å². The van der Waals surface area contributed by atoms with Crippen molar-refractivity contribution in [3.8, 4) is 0 Å². The summed E-state index contributed by atoms with van der Waals surface area (Å²) in [5.41, 5.74) is 5.35. The number of hydrogen-bond donors (Lipinski definition) is 2. The number of carbonyl (C=O) groups is 1. The second kappa shape index (κ2) is 34.1. The molecule has 1 rings (SSSR count). The minimum atomic E-state index is -4.31. The lowest BCUT2D eigenvalue weighted by atomic mass is 10.0. The minimum absolute atomic E-state index is 0.00263. The lowest BCUT2D eigenvalue weighted by Gasteiger charge is -2.19. The molecule has 1 saturated heterocycles. The Morgan fingerprint density at radius 2 is 1.29 bits per heavy atom. The van der Waals surface area contributed by atoms with Gasteiger partial charge < -0.3 is 24.8 Å². The third-order valence-electron chi connectivity index (χ3n) is 8.74. The molecule has 10 heteroatoms. The molecule has 0 bridgehead atoms. The fourth-order valence-corrected chi connectivity index (χ4v) is 6.40. The highest BCUT2D eigenvalue weighted by Crippen LogP contribution is 2.43. The van der Waals surface area contributed by atoms with Gasteiger partial charge in [0.2, 0.25) is 0 Å². The number of ether oxygens (including phenoxy) is 3. The van der Waals surface area contributed by atoms with E-state index in [1.165, 1.54) is 96.3 Å². The van der Waals surface area contributed by atoms with Crippen LogP contribution in [0, 0.1) is 0 Å². The number of phosphoric ester groups is 1. The summed E-state index contributed by atoms with van der Waals surface area (Å²) in [5, 5.41) is 0. The molecule has 0 aromatic carbocycles. The average molecular weight is 740 g/mol. The van der Waals surface area contributed by atoms with Gasteiger partial charge in [0.15, 0.2) is 6.10 Å². The maximum atomic E-state index is 12.6. The molecule has 296 valence electrons. The highest BCUT2D eigenvalue weighted by Gasteiger charge is 2.36. The summed E-state index contributed by atoms with van der Waals surface area (Å²) >= 11 is 0. The smallest absolute Gasteiger partial charge is 0.472 e. The molecule has 9 nitrogen and oxygen atoms in total. The van der Waals surface area contributed by atoms with E-state index in [1.807, 2.05) is 6.08 Å². The van der Waals surface area contributed by atoms with Crippen molar-refractivity contribution >= 4 is 13.8 Å². The molecule has 1 aliphatic rings. The Hall–Kier alpha value is -1.74. The van der Waals surface area contributed by atoms with Crippen LogP contribution in [0.1, 0.15) is 162 Å². The van der Waals surface area contributed by atoms with E-state index in [0.29, 0.717) is 6.42 Å². The van der Waals surface area contributed by atoms with E-state index in [4.69, 9.17) is 29.0 Å². The number of esters is 1. The molecule has 4 atom stereocenters. The number of allylic oxidation sites excluding steroid dienone is 6. The van der Waals surface area contributed by atoms with E-state index in [9.17, 15) is 14.3 Å². The van der Waals surface area contributed by atoms with E-state index in [2.05, 4.69) is 50.3 Å². The zero-order chi connectivity index (χ0) is 37.1. The van der Waals surface area contributed by atoms with Gasteiger partial charge in [-0.3, -0.25) is 13.8 Å². The topological polar surface area (TPSA) is 130 Å². The van der Waals surface area contributed by atoms with Gasteiger partial charge in [0, 0.05) is 13.0 Å². The maximum absolute atomic E-state index is 12.6. The van der Waals surface area contributed by atoms with Gasteiger partial charge in [-0.2, -0.15) is 0 Å². The van der Waals surface area contributed by atoms with Crippen LogP contribution in [-0.2, 0) is 32.6 Å². The summed E-state index contributed by atoms with van der Waals surface area (Å²) in [4.78, 5) is 22.5. The van der Waals surface area contributed by atoms with Crippen LogP contribution in [0.4, 0.5) is 0 Å². The number of carbonyl (C=O) groups excluding carboxylic acids is 1. The van der Waals surface area contributed by atoms with Crippen molar-refractivity contribution in [3.05, 3.63) is 48.8 Å². The minimum Gasteiger partial charge on any atom is -0.498 e. The van der Waals surface area contributed by atoms with Crippen molar-refractivity contribution in [1.29, 1.82) is 0 Å². The summed E-state index contributed by atoms with van der Waals surface area (Å²) in [7, 11) is -4.31. The highest BCUT2D eigenvalue weighted by molar-refractivity contribution is 7.47. The van der Waals surface area contributed by atoms with Crippen LogP contribution in [0.5, 0.6) is 0 Å². The Kier molecular flexibility index (Phi) is 31.6. The molecule has 51 heavy (non-hydrogen) atoms. The van der Waals surface area contributed by atoms with Crippen LogP contribution in [-0.4, -0.2) is 55.5 Å². The third kappa shape index (κ3) is 31.5. The number of nitrogens with two attached hydrogens (primary N) is 1. The first-order valence-electron chi connectivity index (χ1n) is 20.3. The second-order valence-corrected chi connectivity index (χ2v) is 15.1. The van der Waals surface area contributed by atoms with Crippen molar-refractivity contribution in [2.75, 3.05) is 26.4 Å². The van der Waals surface area contributed by atoms with Gasteiger partial charge >= 0.3 is 13.8 Å². The molecular formula is C41H74NO8P. The van der Waals surface area contributed by atoms with Crippen molar-refractivity contribution in [2.24, 2.45) is 5.73 Å². The Morgan fingerprint density at radius 1 is 0.725 bits per heavy atom. The molecule has 4 unspecified atom stereocenters. The SMILES string of the molecule is CCCCCC=CCC=CCC=CCC1OC1CCCC(=O)OC(COC=CCCCCCCCCCCCCCC)COP(=O)(O)OCCN. The number of epoxide rings is 1. The van der Waals surface area contributed by atoms with Crippen LogP contribution < -0.4 is 5.73 Å². The number of unbranched alkanes of at least 4 members (excludes halogenated alkanes) is 15. The number of phosphoric acid groups is 1. The Labute approximate surface area is 311 Å². The maximum Gasteiger partial charge on any atom is 0.472 e. The first-order chi connectivity index (χ1) is 24.9. The van der Waals surface area contributed by atoms with E-state index >= 15 is 0 Å². The standard InChI is InChI=1S/C41H74NO8P/c1-3-5-7-9-11-13-15-17-18-20-22-24-26-28-34-46-36-38(37-48-51(44,45)47-35-33-42)49-41(43)32-29-31-40-39(50-40)30-27-25-23-21-19-16-14-12-10-8-6-4-2/h12,14,19,21,25,27-28,34,38-40H,3-11,13,15-18,20,22-24,26,29-33,35-37,42H2,1-2H3,(H,44,45). The van der Waals surface area contributed by atoms with Gasteiger partial charge in [-0.15, -0.1) is 0 Å². The average Bonchev–Trinajstić information content (AvgIpc) is 3.87. The van der Waals surface area contributed by atoms with Gasteiger partial charge in [-0.1, -0.05) is 134 Å². The molecule has 0 aromatic rings. The molecule has 1 heterocycles. The van der Waals surface area contributed by atoms with Gasteiger partial charge in [0.25, 0.3) is 0 Å². The molecule has 1 fully saturated rings. The first-order valence-corrected chi connectivity index (χ1v) is 21.8. The molecule has 0 aromatic heterocycles. The monoisotopic (exact) mass is 740 g/mol. The van der Waals surface area contributed by atoms with E-state index in [0.717, 1.165) is 38.5 Å². The predicted molar refractivity (Wildman–Crippen MR) is 209 cm³/mol. The summed E-state index contributed by atoms with van der Waals surface area (Å²) in [6, 6.07) is 0. The highest BCUT2D eigenvalue weighted by atomic mass is 31.2. The van der Waals surface area contributed by atoms with Crippen molar-refractivity contribution in [1.82, 2.24) is 0 Å². The van der Waals surface area contributed by atoms with Crippen molar-refractivity contribution < 1.29 is 37.5 Å². The predicted octanol–water partition coefficient (Wildman–Crippen LogP) is 11.0. The van der Waals surface area contributed by atoms with Crippen molar-refractivity contribution in [2.45, 2.75) is 180 Å². The summed E-state index contributed by atoms with van der Waals surface area (Å²) in [6.45, 7) is 4.11. The van der Waals surface area contributed by atoms with Gasteiger partial charge in [0.05, 0.1) is 31.7 Å². The summed E-state index contributed by atoms with van der Waals surface area (Å²) < 4.78 is 38.9. The zero-order valence-electron chi connectivity index (χ0n) is 32.3. The quantitative estimate of drug-likeness (QED) is 0.0160. The molecule has 0 radical (unpaired) electrons. The summed E-state index contributed by atoms with van der Waals surface area (Å²) in [5.74, 6) is -0.414. The number of hydrogen-bond acceptors (Lipinski definition) is 8. The molecule has 3 N–H and O–H groups in total. The van der Waals surface area contributed by atoms with E-state index in [-0.39, 0.29) is 45.0 Å². The zero-order valence-corrected chi connectivity index (χ0v) is 33.2. The Morgan fingerprint density at radius 3 is 1.96 bits per heavy atom. The molecular weight excluding hydrogens is 665 g/mol. The summed E-state index contributed by atoms with van der Waals surface area (Å²) in [6.07, 6.45) is 42.4. The Balaban J connectivity index is 2.24. The molecule has 0 saturated carbocycles. The second-order valence-electron chi connectivity index (χ2n) is 13.6. The lowest BCUT2D eigenvalue weighted by Crippen LogP contribution is -2.28. The van der Waals surface area contributed by atoms with E-state index in [1.54, 1.807) is 6.26 Å². The molecule has 1 aliphatic heterocycles. The number of rotatable bonds is 37. The lowest BCUT2D eigenvalue weighted by molar-refractivity contribution is -0.153. The molecule has 0 aliphatic carbocycles. The van der Waals surface area contributed by atoms with Crippen molar-refractivity contribution in [3.63, 3.8) is 0 Å². The first kappa shape index (κ1) is 47.3. The fourth-order valence-electron chi connectivity index (χ4n) is 5.64.